The first-order chi connectivity index (χ1) is 18.3. The summed E-state index contributed by atoms with van der Waals surface area (Å²) in [5, 5.41) is 0. The summed E-state index contributed by atoms with van der Waals surface area (Å²) in [5.74, 6) is -0.208. The van der Waals surface area contributed by atoms with Crippen molar-refractivity contribution in [3.63, 3.8) is 0 Å². The molecule has 0 fully saturated rings. The molecule has 0 atom stereocenters. The Morgan fingerprint density at radius 1 is 0.553 bits per heavy atom. The molecule has 7 heteroatoms. The van der Waals surface area contributed by atoms with E-state index in [1.807, 2.05) is 36.4 Å². The van der Waals surface area contributed by atoms with Gasteiger partial charge in [0.25, 0.3) is 0 Å². The van der Waals surface area contributed by atoms with Gasteiger partial charge in [-0.05, 0) is 83.6 Å². The second kappa shape index (κ2) is 11.4. The fraction of sp³-hybridized carbons (Fsp3) is 0.129. The zero-order valence-electron chi connectivity index (χ0n) is 21.4. The molecule has 0 heterocycles. The number of carbonyl (C=O) groups excluding carboxylic acids is 3. The molecule has 0 bridgehead atoms. The van der Waals surface area contributed by atoms with E-state index in [4.69, 9.17) is 18.9 Å². The number of esters is 2. The average Bonchev–Trinajstić information content (AvgIpc) is 2.94. The van der Waals surface area contributed by atoms with Crippen LogP contribution >= 0.6 is 0 Å². The van der Waals surface area contributed by atoms with Crippen molar-refractivity contribution < 1.29 is 33.3 Å². The summed E-state index contributed by atoms with van der Waals surface area (Å²) >= 11 is 0. The Morgan fingerprint density at radius 2 is 0.947 bits per heavy atom. The molecule has 7 nitrogen and oxygen atoms in total. The van der Waals surface area contributed by atoms with Crippen LogP contribution in [0.2, 0.25) is 0 Å². The van der Waals surface area contributed by atoms with Gasteiger partial charge in [0, 0.05) is 0 Å². The lowest BCUT2D eigenvalue weighted by Gasteiger charge is -2.13. The Morgan fingerprint density at radius 3 is 1.32 bits per heavy atom. The Hall–Kier alpha value is -4.91. The first-order valence-electron chi connectivity index (χ1n) is 11.8. The molecule has 0 unspecified atom stereocenters. The summed E-state index contributed by atoms with van der Waals surface area (Å²) < 4.78 is 20.7. The molecule has 0 aliphatic rings. The first-order valence-corrected chi connectivity index (χ1v) is 11.8. The third-order valence-electron chi connectivity index (χ3n) is 6.02. The lowest BCUT2D eigenvalue weighted by Crippen LogP contribution is -2.15. The third-order valence-corrected chi connectivity index (χ3v) is 6.02. The number of hydrogen-bond donors (Lipinski definition) is 0. The lowest BCUT2D eigenvalue weighted by molar-refractivity contribution is 0.0592. The summed E-state index contributed by atoms with van der Waals surface area (Å²) in [6, 6.07) is 24.7. The molecule has 38 heavy (non-hydrogen) atoms. The van der Waals surface area contributed by atoms with Crippen LogP contribution in [-0.2, 0) is 9.47 Å². The topological polar surface area (TPSA) is 88.1 Å². The van der Waals surface area contributed by atoms with Gasteiger partial charge in [-0.15, -0.1) is 0 Å². The Labute approximate surface area is 220 Å². The van der Waals surface area contributed by atoms with Crippen LogP contribution in [0, 0.1) is 13.8 Å². The van der Waals surface area contributed by atoms with Gasteiger partial charge >= 0.3 is 18.1 Å². The highest BCUT2D eigenvalue weighted by molar-refractivity contribution is 5.98. The summed E-state index contributed by atoms with van der Waals surface area (Å²) in [7, 11) is 2.67. The summed E-state index contributed by atoms with van der Waals surface area (Å²) in [6.07, 6.45) is -0.887. The molecule has 0 amide bonds. The van der Waals surface area contributed by atoms with Crippen molar-refractivity contribution >= 4 is 18.1 Å². The fourth-order valence-electron chi connectivity index (χ4n) is 4.11. The summed E-state index contributed by atoms with van der Waals surface area (Å²) in [4.78, 5) is 36.9. The van der Waals surface area contributed by atoms with Crippen molar-refractivity contribution in [1.29, 1.82) is 0 Å². The molecule has 4 aromatic carbocycles. The van der Waals surface area contributed by atoms with Crippen molar-refractivity contribution in [3.8, 4) is 33.8 Å². The van der Waals surface area contributed by atoms with Crippen LogP contribution in [0.4, 0.5) is 4.79 Å². The van der Waals surface area contributed by atoms with E-state index in [0.717, 1.165) is 11.1 Å². The van der Waals surface area contributed by atoms with Gasteiger partial charge in [-0.3, -0.25) is 0 Å². The third kappa shape index (κ3) is 5.57. The number of methoxy groups -OCH3 is 2. The average molecular weight is 511 g/mol. The summed E-state index contributed by atoms with van der Waals surface area (Å²) in [5.41, 5.74) is 5.23. The molecule has 0 saturated carbocycles. The second-order valence-corrected chi connectivity index (χ2v) is 8.49. The van der Waals surface area contributed by atoms with E-state index in [1.165, 1.54) is 14.2 Å². The van der Waals surface area contributed by atoms with Crippen LogP contribution in [-0.4, -0.2) is 32.3 Å². The van der Waals surface area contributed by atoms with Crippen LogP contribution in [0.5, 0.6) is 11.5 Å². The quantitative estimate of drug-likeness (QED) is 0.208. The highest BCUT2D eigenvalue weighted by Gasteiger charge is 2.17. The minimum absolute atomic E-state index is 0.329. The van der Waals surface area contributed by atoms with E-state index in [1.54, 1.807) is 62.4 Å². The van der Waals surface area contributed by atoms with Crippen molar-refractivity contribution in [2.75, 3.05) is 14.2 Å². The maximum atomic E-state index is 12.6. The van der Waals surface area contributed by atoms with Crippen LogP contribution < -0.4 is 9.47 Å². The van der Waals surface area contributed by atoms with Crippen LogP contribution in [0.25, 0.3) is 22.3 Å². The van der Waals surface area contributed by atoms with E-state index in [9.17, 15) is 14.4 Å². The largest absolute Gasteiger partial charge is 0.519 e. The van der Waals surface area contributed by atoms with E-state index in [0.29, 0.717) is 44.9 Å². The molecule has 0 saturated heterocycles. The normalized spacial score (nSPS) is 10.4. The molecule has 0 radical (unpaired) electrons. The maximum absolute atomic E-state index is 12.6. The molecule has 192 valence electrons. The van der Waals surface area contributed by atoms with Crippen molar-refractivity contribution in [1.82, 2.24) is 0 Å². The van der Waals surface area contributed by atoms with Gasteiger partial charge in [-0.2, -0.15) is 0 Å². The van der Waals surface area contributed by atoms with Gasteiger partial charge in [-0.1, -0.05) is 48.5 Å². The zero-order chi connectivity index (χ0) is 27.2. The lowest BCUT2D eigenvalue weighted by atomic mass is 9.98. The van der Waals surface area contributed by atoms with Crippen LogP contribution in [0.1, 0.15) is 31.8 Å². The first kappa shape index (κ1) is 26.2. The highest BCUT2D eigenvalue weighted by atomic mass is 16.7. The molecule has 4 aromatic rings. The van der Waals surface area contributed by atoms with Gasteiger partial charge in [0.15, 0.2) is 0 Å². The van der Waals surface area contributed by atoms with Crippen molar-refractivity contribution in [2.24, 2.45) is 0 Å². The van der Waals surface area contributed by atoms with Crippen LogP contribution in [0.3, 0.4) is 0 Å². The number of rotatable bonds is 6. The van der Waals surface area contributed by atoms with E-state index >= 15 is 0 Å². The monoisotopic (exact) mass is 510 g/mol. The van der Waals surface area contributed by atoms with E-state index in [2.05, 4.69) is 0 Å². The molecular weight excluding hydrogens is 484 g/mol. The van der Waals surface area contributed by atoms with Gasteiger partial charge in [-0.25, -0.2) is 14.4 Å². The Balaban J connectivity index is 1.50. The highest BCUT2D eigenvalue weighted by Crippen LogP contribution is 2.31. The van der Waals surface area contributed by atoms with Crippen LogP contribution in [0.15, 0.2) is 84.9 Å². The van der Waals surface area contributed by atoms with E-state index < -0.39 is 18.1 Å². The van der Waals surface area contributed by atoms with Crippen molar-refractivity contribution in [3.05, 3.63) is 107 Å². The molecular formula is C31H26O7. The molecule has 0 spiro atoms. The standard InChI is InChI=1S/C31H26O7/c1-19-17-21(23-9-5-7-11-25(23)29(32)35-3)13-15-27(19)37-31(34)38-28-16-14-22(18-20(28)2)24-10-6-8-12-26(24)30(33)36-4/h5-18H,1-4H3. The SMILES string of the molecule is COC(=O)c1ccccc1-c1ccc(OC(=O)Oc2ccc(-c3ccccc3C(=O)OC)cc2C)c(C)c1. The van der Waals surface area contributed by atoms with Gasteiger partial charge < -0.3 is 18.9 Å². The Bertz CT molecular complexity index is 1410. The molecule has 4 rings (SSSR count). The molecule has 0 N–H and O–H groups in total. The van der Waals surface area contributed by atoms with Gasteiger partial charge in [0.1, 0.15) is 11.5 Å². The minimum atomic E-state index is -0.887. The van der Waals surface area contributed by atoms with Gasteiger partial charge in [0.05, 0.1) is 25.3 Å². The number of hydrogen-bond acceptors (Lipinski definition) is 7. The smallest absolute Gasteiger partial charge is 0.465 e. The number of benzene rings is 4. The molecule has 0 aromatic heterocycles. The molecule has 0 aliphatic carbocycles. The summed E-state index contributed by atoms with van der Waals surface area (Å²) in [6.45, 7) is 3.59. The fourth-order valence-corrected chi connectivity index (χ4v) is 4.11. The maximum Gasteiger partial charge on any atom is 0.519 e. The number of aryl methyl sites for hydroxylation is 2. The predicted molar refractivity (Wildman–Crippen MR) is 143 cm³/mol. The van der Waals surface area contributed by atoms with E-state index in [-0.39, 0.29) is 0 Å². The number of ether oxygens (including phenoxy) is 4. The van der Waals surface area contributed by atoms with Crippen molar-refractivity contribution in [2.45, 2.75) is 13.8 Å². The zero-order valence-corrected chi connectivity index (χ0v) is 21.4. The minimum Gasteiger partial charge on any atom is -0.465 e. The van der Waals surface area contributed by atoms with Gasteiger partial charge in [0.2, 0.25) is 0 Å². The predicted octanol–water partition coefficient (Wildman–Crippen LogP) is 6.79. The number of carbonyl (C=O) groups is 3. The second-order valence-electron chi connectivity index (χ2n) is 8.49. The Kier molecular flexibility index (Phi) is 7.87. The molecule has 0 aliphatic heterocycles.